The zero-order valence-corrected chi connectivity index (χ0v) is 10.2. The molecule has 2 rings (SSSR count). The minimum absolute atomic E-state index is 0.375. The smallest absolute Gasteiger partial charge is 0.123 e. The SMILES string of the molecule is CC1(C)CCC2(CCCC(C=O)C2)CC1. The number of hydrogen-bond donors (Lipinski definition) is 0. The van der Waals surface area contributed by atoms with E-state index in [0.717, 1.165) is 6.42 Å². The van der Waals surface area contributed by atoms with Gasteiger partial charge in [-0.25, -0.2) is 0 Å². The summed E-state index contributed by atoms with van der Waals surface area (Å²) < 4.78 is 0. The predicted octanol–water partition coefficient (Wildman–Crippen LogP) is 3.96. The second-order valence-corrected chi connectivity index (χ2v) is 6.66. The lowest BCUT2D eigenvalue weighted by Crippen LogP contribution is -2.35. The molecule has 2 saturated carbocycles. The molecular formula is C14H24O. The summed E-state index contributed by atoms with van der Waals surface area (Å²) in [5, 5.41) is 0. The van der Waals surface area contributed by atoms with Crippen molar-refractivity contribution in [3.8, 4) is 0 Å². The third-order valence-corrected chi connectivity index (χ3v) is 4.83. The maximum Gasteiger partial charge on any atom is 0.123 e. The maximum atomic E-state index is 10.9. The third kappa shape index (κ3) is 2.43. The largest absolute Gasteiger partial charge is 0.303 e. The van der Waals surface area contributed by atoms with Crippen LogP contribution in [0.25, 0.3) is 0 Å². The molecular weight excluding hydrogens is 184 g/mol. The van der Waals surface area contributed by atoms with Crippen LogP contribution < -0.4 is 0 Å². The summed E-state index contributed by atoms with van der Waals surface area (Å²) in [6, 6.07) is 0. The molecule has 1 unspecified atom stereocenters. The molecule has 0 aliphatic heterocycles. The van der Waals surface area contributed by atoms with E-state index in [1.807, 2.05) is 0 Å². The van der Waals surface area contributed by atoms with Crippen molar-refractivity contribution in [1.82, 2.24) is 0 Å². The highest BCUT2D eigenvalue weighted by Crippen LogP contribution is 2.53. The molecule has 86 valence electrons. The van der Waals surface area contributed by atoms with Crippen LogP contribution in [0.15, 0.2) is 0 Å². The van der Waals surface area contributed by atoms with Crippen LogP contribution in [0.1, 0.15) is 65.2 Å². The van der Waals surface area contributed by atoms with E-state index in [4.69, 9.17) is 0 Å². The fourth-order valence-electron chi connectivity index (χ4n) is 3.53. The quantitative estimate of drug-likeness (QED) is 0.596. The van der Waals surface area contributed by atoms with Gasteiger partial charge >= 0.3 is 0 Å². The van der Waals surface area contributed by atoms with Gasteiger partial charge in [0.2, 0.25) is 0 Å². The zero-order valence-electron chi connectivity index (χ0n) is 10.2. The van der Waals surface area contributed by atoms with E-state index in [1.165, 1.54) is 51.2 Å². The van der Waals surface area contributed by atoms with Crippen molar-refractivity contribution in [3.63, 3.8) is 0 Å². The van der Waals surface area contributed by atoms with Gasteiger partial charge in [-0.2, -0.15) is 0 Å². The highest BCUT2D eigenvalue weighted by molar-refractivity contribution is 5.53. The third-order valence-electron chi connectivity index (χ3n) is 4.83. The first-order chi connectivity index (χ1) is 7.05. The van der Waals surface area contributed by atoms with Gasteiger partial charge in [-0.3, -0.25) is 0 Å². The number of carbonyl (C=O) groups is 1. The molecule has 0 aromatic rings. The molecule has 1 spiro atoms. The Bertz CT molecular complexity index is 232. The van der Waals surface area contributed by atoms with Crippen LogP contribution in [0.4, 0.5) is 0 Å². The molecule has 1 nitrogen and oxygen atoms in total. The summed E-state index contributed by atoms with van der Waals surface area (Å²) in [6.45, 7) is 4.78. The van der Waals surface area contributed by atoms with Crippen LogP contribution >= 0.6 is 0 Å². The first-order valence-electron chi connectivity index (χ1n) is 6.51. The zero-order chi connectivity index (χ0) is 10.9. The Labute approximate surface area is 93.6 Å². The normalized spacial score (nSPS) is 33.9. The van der Waals surface area contributed by atoms with Gasteiger partial charge in [-0.1, -0.05) is 20.3 Å². The summed E-state index contributed by atoms with van der Waals surface area (Å²) in [7, 11) is 0. The molecule has 0 amide bonds. The van der Waals surface area contributed by atoms with Crippen LogP contribution in [0, 0.1) is 16.7 Å². The van der Waals surface area contributed by atoms with Gasteiger partial charge in [0.15, 0.2) is 0 Å². The molecule has 0 N–H and O–H groups in total. The summed E-state index contributed by atoms with van der Waals surface area (Å²) in [4.78, 5) is 10.9. The Hall–Kier alpha value is -0.330. The van der Waals surface area contributed by atoms with Crippen molar-refractivity contribution in [2.75, 3.05) is 0 Å². The van der Waals surface area contributed by atoms with Crippen LogP contribution in [-0.4, -0.2) is 6.29 Å². The number of rotatable bonds is 1. The van der Waals surface area contributed by atoms with Crippen molar-refractivity contribution in [2.45, 2.75) is 65.2 Å². The van der Waals surface area contributed by atoms with Gasteiger partial charge in [0.1, 0.15) is 6.29 Å². The Morgan fingerprint density at radius 2 is 1.73 bits per heavy atom. The molecule has 15 heavy (non-hydrogen) atoms. The van der Waals surface area contributed by atoms with E-state index in [0.29, 0.717) is 16.7 Å². The second-order valence-electron chi connectivity index (χ2n) is 6.66. The Balaban J connectivity index is 1.99. The lowest BCUT2D eigenvalue weighted by Gasteiger charge is -2.47. The van der Waals surface area contributed by atoms with E-state index >= 15 is 0 Å². The van der Waals surface area contributed by atoms with E-state index in [-0.39, 0.29) is 0 Å². The highest BCUT2D eigenvalue weighted by Gasteiger charge is 2.41. The molecule has 1 heteroatoms. The molecule has 1 atom stereocenters. The molecule has 0 radical (unpaired) electrons. The van der Waals surface area contributed by atoms with Crippen molar-refractivity contribution in [3.05, 3.63) is 0 Å². The van der Waals surface area contributed by atoms with Crippen LogP contribution in [0.3, 0.4) is 0 Å². The average molecular weight is 208 g/mol. The van der Waals surface area contributed by atoms with Crippen molar-refractivity contribution in [1.29, 1.82) is 0 Å². The molecule has 0 saturated heterocycles. The number of carbonyl (C=O) groups excluding carboxylic acids is 1. The Morgan fingerprint density at radius 1 is 1.07 bits per heavy atom. The summed E-state index contributed by atoms with van der Waals surface area (Å²) in [6.07, 6.45) is 11.7. The number of hydrogen-bond acceptors (Lipinski definition) is 1. The van der Waals surface area contributed by atoms with E-state index in [9.17, 15) is 4.79 Å². The first kappa shape index (κ1) is 11.2. The van der Waals surface area contributed by atoms with Gasteiger partial charge < -0.3 is 4.79 Å². The standard InChI is InChI=1S/C14H24O/c1-13(2)6-8-14(9-7-13)5-3-4-12(10-14)11-15/h11-12H,3-10H2,1-2H3. The average Bonchev–Trinajstić information content (AvgIpc) is 2.24. The highest BCUT2D eigenvalue weighted by atomic mass is 16.1. The lowest BCUT2D eigenvalue weighted by molar-refractivity contribution is -0.114. The van der Waals surface area contributed by atoms with E-state index in [1.54, 1.807) is 0 Å². The fourth-order valence-corrected chi connectivity index (χ4v) is 3.53. The fraction of sp³-hybridized carbons (Fsp3) is 0.929. The van der Waals surface area contributed by atoms with E-state index < -0.39 is 0 Å². The first-order valence-corrected chi connectivity index (χ1v) is 6.51. The number of aldehydes is 1. The minimum atomic E-state index is 0.375. The van der Waals surface area contributed by atoms with E-state index in [2.05, 4.69) is 13.8 Å². The molecule has 2 aliphatic carbocycles. The lowest BCUT2D eigenvalue weighted by atomic mass is 9.58. The van der Waals surface area contributed by atoms with Crippen LogP contribution in [0.2, 0.25) is 0 Å². The Morgan fingerprint density at radius 3 is 2.33 bits per heavy atom. The van der Waals surface area contributed by atoms with Gasteiger partial charge in [-0.05, 0) is 55.8 Å². The van der Waals surface area contributed by atoms with Gasteiger partial charge in [0, 0.05) is 5.92 Å². The molecule has 0 bridgehead atoms. The van der Waals surface area contributed by atoms with Gasteiger partial charge in [0.05, 0.1) is 0 Å². The van der Waals surface area contributed by atoms with Crippen LogP contribution in [0.5, 0.6) is 0 Å². The van der Waals surface area contributed by atoms with Crippen molar-refractivity contribution < 1.29 is 4.79 Å². The molecule has 2 aliphatic rings. The van der Waals surface area contributed by atoms with Gasteiger partial charge in [-0.15, -0.1) is 0 Å². The summed E-state index contributed by atoms with van der Waals surface area (Å²) in [5.74, 6) is 0.375. The Kier molecular flexibility index (Phi) is 2.92. The monoisotopic (exact) mass is 208 g/mol. The van der Waals surface area contributed by atoms with Crippen molar-refractivity contribution >= 4 is 6.29 Å². The molecule has 0 aromatic heterocycles. The molecule has 2 fully saturated rings. The minimum Gasteiger partial charge on any atom is -0.303 e. The van der Waals surface area contributed by atoms with Crippen molar-refractivity contribution in [2.24, 2.45) is 16.7 Å². The topological polar surface area (TPSA) is 17.1 Å². The maximum absolute atomic E-state index is 10.9. The molecule has 0 heterocycles. The van der Waals surface area contributed by atoms with Gasteiger partial charge in [0.25, 0.3) is 0 Å². The predicted molar refractivity (Wildman–Crippen MR) is 62.7 cm³/mol. The van der Waals surface area contributed by atoms with Crippen LogP contribution in [-0.2, 0) is 4.79 Å². The summed E-state index contributed by atoms with van der Waals surface area (Å²) in [5.41, 5.74) is 1.11. The second kappa shape index (κ2) is 3.92. The summed E-state index contributed by atoms with van der Waals surface area (Å²) >= 11 is 0. The molecule has 0 aromatic carbocycles.